The molecule has 0 aliphatic rings. The number of hydrogen-bond acceptors (Lipinski definition) is 4. The molecule has 0 bridgehead atoms. The Hall–Kier alpha value is -1.84. The number of hydrogen-bond donors (Lipinski definition) is 1. The van der Waals surface area contributed by atoms with Crippen LogP contribution in [0, 0.1) is 5.41 Å². The van der Waals surface area contributed by atoms with Crippen LogP contribution in [-0.4, -0.2) is 25.1 Å². The highest BCUT2D eigenvalue weighted by atomic mass is 16.6. The van der Waals surface area contributed by atoms with Crippen molar-refractivity contribution in [1.29, 1.82) is 5.41 Å². The summed E-state index contributed by atoms with van der Waals surface area (Å²) >= 11 is 0. The smallest absolute Gasteiger partial charge is 0.338 e. The lowest BCUT2D eigenvalue weighted by molar-refractivity contribution is 0.0541. The molecule has 4 nitrogen and oxygen atoms in total. The minimum atomic E-state index is -0.444. The highest BCUT2D eigenvalue weighted by Gasteiger charge is 2.07. The van der Waals surface area contributed by atoms with E-state index in [0.717, 1.165) is 0 Å². The van der Waals surface area contributed by atoms with Crippen molar-refractivity contribution in [2.75, 3.05) is 13.2 Å². The number of nitrogens with one attached hydrogen (secondary N) is 1. The first-order valence-corrected chi connectivity index (χ1v) is 4.66. The van der Waals surface area contributed by atoms with Crippen LogP contribution in [-0.2, 0) is 9.47 Å². The Morgan fingerprint density at radius 2 is 1.93 bits per heavy atom. The summed E-state index contributed by atoms with van der Waals surface area (Å²) in [4.78, 5) is 11.4. The summed E-state index contributed by atoms with van der Waals surface area (Å²) in [6.07, 6.45) is 0. The van der Waals surface area contributed by atoms with Gasteiger partial charge in [-0.25, -0.2) is 4.79 Å². The van der Waals surface area contributed by atoms with Gasteiger partial charge in [-0.2, -0.15) is 0 Å². The molecule has 0 heterocycles. The summed E-state index contributed by atoms with van der Waals surface area (Å²) in [7, 11) is 0. The van der Waals surface area contributed by atoms with Gasteiger partial charge in [-0.1, -0.05) is 18.2 Å². The molecule has 0 saturated carbocycles. The second-order valence-corrected chi connectivity index (χ2v) is 2.80. The molecule has 1 N–H and O–H groups in total. The Labute approximate surface area is 88.3 Å². The number of carbonyl (C=O) groups is 1. The molecule has 0 aliphatic carbocycles. The molecule has 4 heteroatoms. The van der Waals surface area contributed by atoms with Gasteiger partial charge in [-0.3, -0.25) is 5.41 Å². The average molecular weight is 207 g/mol. The zero-order valence-electron chi connectivity index (χ0n) is 8.53. The molecule has 0 unspecified atom stereocenters. The average Bonchev–Trinajstić information content (AvgIpc) is 2.27. The van der Waals surface area contributed by atoms with Gasteiger partial charge in [0.1, 0.15) is 0 Å². The Kier molecular flexibility index (Phi) is 4.34. The van der Waals surface area contributed by atoms with E-state index >= 15 is 0 Å². The largest absolute Gasteiger partial charge is 0.479 e. The fourth-order valence-electron chi connectivity index (χ4n) is 1.00. The molecule has 0 amide bonds. The van der Waals surface area contributed by atoms with Crippen molar-refractivity contribution < 1.29 is 14.3 Å². The van der Waals surface area contributed by atoms with Crippen LogP contribution >= 0.6 is 0 Å². The lowest BCUT2D eigenvalue weighted by atomic mass is 10.2. The predicted octanol–water partition coefficient (Wildman–Crippen LogP) is 1.86. The van der Waals surface area contributed by atoms with E-state index in [-0.39, 0.29) is 12.5 Å². The van der Waals surface area contributed by atoms with E-state index in [2.05, 4.69) is 0 Å². The number of ether oxygens (including phenoxy) is 2. The van der Waals surface area contributed by atoms with Crippen molar-refractivity contribution in [3.8, 4) is 0 Å². The van der Waals surface area contributed by atoms with Gasteiger partial charge in [0.15, 0.2) is 6.61 Å². The standard InChI is InChI=1S/C11H13NO3/c1-2-14-10(12)8-15-11(13)9-6-4-3-5-7-9/h3-7,12H,2,8H2,1H3. The Bertz CT molecular complexity index is 335. The van der Waals surface area contributed by atoms with Gasteiger partial charge in [-0.05, 0) is 19.1 Å². The zero-order chi connectivity index (χ0) is 11.1. The van der Waals surface area contributed by atoms with Crippen LogP contribution in [0.5, 0.6) is 0 Å². The van der Waals surface area contributed by atoms with Crippen LogP contribution < -0.4 is 0 Å². The van der Waals surface area contributed by atoms with Crippen molar-refractivity contribution in [3.63, 3.8) is 0 Å². The van der Waals surface area contributed by atoms with Gasteiger partial charge in [0.25, 0.3) is 0 Å². The van der Waals surface area contributed by atoms with Crippen molar-refractivity contribution in [2.45, 2.75) is 6.92 Å². The van der Waals surface area contributed by atoms with Crippen LogP contribution in [0.2, 0.25) is 0 Å². The maximum atomic E-state index is 11.4. The summed E-state index contributed by atoms with van der Waals surface area (Å²) < 4.78 is 9.69. The molecule has 80 valence electrons. The van der Waals surface area contributed by atoms with Crippen molar-refractivity contribution >= 4 is 11.9 Å². The van der Waals surface area contributed by atoms with Gasteiger partial charge in [-0.15, -0.1) is 0 Å². The van der Waals surface area contributed by atoms with Crippen LogP contribution in [0.15, 0.2) is 30.3 Å². The van der Waals surface area contributed by atoms with Crippen molar-refractivity contribution in [3.05, 3.63) is 35.9 Å². The van der Waals surface area contributed by atoms with E-state index in [1.807, 2.05) is 6.07 Å². The molecule has 0 saturated heterocycles. The summed E-state index contributed by atoms with van der Waals surface area (Å²) in [6.45, 7) is 2.05. The van der Waals surface area contributed by atoms with Crippen LogP contribution in [0.1, 0.15) is 17.3 Å². The predicted molar refractivity (Wildman–Crippen MR) is 56.1 cm³/mol. The van der Waals surface area contributed by atoms with E-state index < -0.39 is 5.97 Å². The zero-order valence-corrected chi connectivity index (χ0v) is 8.53. The molecular formula is C11H13NO3. The SMILES string of the molecule is CCOC(=N)COC(=O)c1ccccc1. The van der Waals surface area contributed by atoms with E-state index in [1.54, 1.807) is 31.2 Å². The minimum Gasteiger partial charge on any atom is -0.479 e. The first kappa shape index (κ1) is 11.2. The second kappa shape index (κ2) is 5.80. The molecule has 0 aromatic heterocycles. The molecular weight excluding hydrogens is 194 g/mol. The first-order valence-electron chi connectivity index (χ1n) is 4.66. The second-order valence-electron chi connectivity index (χ2n) is 2.80. The summed E-state index contributed by atoms with van der Waals surface area (Å²) in [5.41, 5.74) is 0.474. The van der Waals surface area contributed by atoms with Crippen LogP contribution in [0.4, 0.5) is 0 Å². The lowest BCUT2D eigenvalue weighted by Crippen LogP contribution is -2.15. The van der Waals surface area contributed by atoms with Gasteiger partial charge in [0, 0.05) is 0 Å². The molecule has 0 radical (unpaired) electrons. The van der Waals surface area contributed by atoms with E-state index in [1.165, 1.54) is 0 Å². The summed E-state index contributed by atoms with van der Waals surface area (Å²) in [5, 5.41) is 7.24. The number of carbonyl (C=O) groups excluding carboxylic acids is 1. The van der Waals surface area contributed by atoms with E-state index in [4.69, 9.17) is 14.9 Å². The summed E-state index contributed by atoms with van der Waals surface area (Å²) in [5.74, 6) is -0.484. The molecule has 1 aromatic rings. The van der Waals surface area contributed by atoms with E-state index in [0.29, 0.717) is 12.2 Å². The van der Waals surface area contributed by atoms with Gasteiger partial charge < -0.3 is 9.47 Å². The molecule has 0 fully saturated rings. The fourth-order valence-corrected chi connectivity index (χ4v) is 1.00. The van der Waals surface area contributed by atoms with E-state index in [9.17, 15) is 4.79 Å². The maximum absolute atomic E-state index is 11.4. The number of esters is 1. The Morgan fingerprint density at radius 3 is 2.53 bits per heavy atom. The van der Waals surface area contributed by atoms with Gasteiger partial charge in [0.2, 0.25) is 5.90 Å². The first-order chi connectivity index (χ1) is 7.24. The molecule has 0 atom stereocenters. The highest BCUT2D eigenvalue weighted by molar-refractivity contribution is 5.90. The minimum absolute atomic E-state index is 0.0400. The molecule has 15 heavy (non-hydrogen) atoms. The highest BCUT2D eigenvalue weighted by Crippen LogP contribution is 2.00. The van der Waals surface area contributed by atoms with Crippen LogP contribution in [0.25, 0.3) is 0 Å². The van der Waals surface area contributed by atoms with Crippen molar-refractivity contribution in [2.24, 2.45) is 0 Å². The third kappa shape index (κ3) is 3.81. The topological polar surface area (TPSA) is 59.4 Å². The molecule has 1 aromatic carbocycles. The van der Waals surface area contributed by atoms with Crippen molar-refractivity contribution in [1.82, 2.24) is 0 Å². The maximum Gasteiger partial charge on any atom is 0.338 e. The summed E-state index contributed by atoms with van der Waals surface area (Å²) in [6, 6.07) is 8.65. The number of rotatable bonds is 4. The van der Waals surface area contributed by atoms with Gasteiger partial charge in [0.05, 0.1) is 12.2 Å². The Balaban J connectivity index is 2.40. The van der Waals surface area contributed by atoms with Crippen LogP contribution in [0.3, 0.4) is 0 Å². The third-order valence-electron chi connectivity index (χ3n) is 1.66. The number of benzene rings is 1. The quantitative estimate of drug-likeness (QED) is 0.465. The molecule has 0 spiro atoms. The molecule has 1 rings (SSSR count). The monoisotopic (exact) mass is 207 g/mol. The lowest BCUT2D eigenvalue weighted by Gasteiger charge is -2.06. The third-order valence-corrected chi connectivity index (χ3v) is 1.66. The Morgan fingerprint density at radius 1 is 1.27 bits per heavy atom. The molecule has 0 aliphatic heterocycles. The normalized spacial score (nSPS) is 9.40. The fraction of sp³-hybridized carbons (Fsp3) is 0.273. The van der Waals surface area contributed by atoms with Gasteiger partial charge >= 0.3 is 5.97 Å².